The molecule has 1 aromatic carbocycles. The smallest absolute Gasteiger partial charge is 0.415 e. The molecule has 0 saturated heterocycles. The number of Topliss-reactive ketones (excluding diaryl/α,β-unsaturated/α-hetero) is 2. The number of carboxylic acids is 1. The van der Waals surface area contributed by atoms with Crippen molar-refractivity contribution >= 4 is 79.7 Å². The summed E-state index contributed by atoms with van der Waals surface area (Å²) in [5.41, 5.74) is 1.88. The lowest BCUT2D eigenvalue weighted by Crippen LogP contribution is -2.54. The number of aromatic nitrogens is 1. The Labute approximate surface area is 487 Å². The lowest BCUT2D eigenvalue weighted by Gasteiger charge is -2.61. The normalized spacial score (nSPS) is 28.2. The minimum Gasteiger partial charge on any atom is -0.480 e. The zero-order valence-electron chi connectivity index (χ0n) is 49.8. The second-order valence-corrected chi connectivity index (χ2v) is 28.2. The highest BCUT2D eigenvalue weighted by molar-refractivity contribution is 8.15. The lowest BCUT2D eigenvalue weighted by atomic mass is 9.44. The molecule has 1 aliphatic heterocycles. The molecule has 11 atom stereocenters. The van der Waals surface area contributed by atoms with E-state index < -0.39 is 23.5 Å². The number of hydrogen-bond acceptors (Lipinski definition) is 13. The molecule has 1 aromatic heterocycles. The number of carbonyl (C=O) groups excluding carboxylic acids is 6. The van der Waals surface area contributed by atoms with Crippen LogP contribution in [0.4, 0.5) is 4.79 Å². The zero-order chi connectivity index (χ0) is 58.7. The van der Waals surface area contributed by atoms with E-state index in [9.17, 15) is 43.8 Å². The highest BCUT2D eigenvalue weighted by atomic mass is 32.2. The first kappa shape index (κ1) is 62.1. The number of amides is 4. The first-order valence-corrected chi connectivity index (χ1v) is 31.9. The number of aliphatic imine (C=N–C) groups is 1. The number of thioether (sulfide) groups is 1. The number of allylic oxidation sites excluding steroid dienone is 4. The largest absolute Gasteiger partial charge is 0.480 e. The van der Waals surface area contributed by atoms with E-state index in [1.54, 1.807) is 71.6 Å². The topological polar surface area (TPSA) is 225 Å². The van der Waals surface area contributed by atoms with Gasteiger partial charge in [-0.05, 0) is 176 Å². The number of hydrogen-bond donors (Lipinski definition) is 4. The molecule has 2 aromatic rings. The van der Waals surface area contributed by atoms with E-state index in [0.717, 1.165) is 63.5 Å². The van der Waals surface area contributed by atoms with Gasteiger partial charge in [0.1, 0.15) is 21.8 Å². The summed E-state index contributed by atoms with van der Waals surface area (Å²) in [5, 5.41) is 28.0. The molecular formula is C63H90N6O10S2. The Kier molecular flexibility index (Phi) is 19.9. The average Bonchev–Trinajstić information content (AvgIpc) is 4.40. The number of carbonyl (C=O) groups is 7. The van der Waals surface area contributed by atoms with E-state index in [-0.39, 0.29) is 98.6 Å². The fourth-order valence-corrected chi connectivity index (χ4v) is 17.6. The molecule has 6 aliphatic rings. The molecule has 2 unspecified atom stereocenters. The number of benzene rings is 1. The molecule has 2 heterocycles. The third-order valence-electron chi connectivity index (χ3n) is 20.3. The molecule has 18 heteroatoms. The number of unbranched alkanes of at least 4 members (excludes halogenated alkanes) is 1. The number of likely N-dealkylation sites (N-methyl/N-ethyl adjacent to an activating group) is 1. The number of carboxylic acid groups (broad SMARTS) is 1. The van der Waals surface area contributed by atoms with Gasteiger partial charge in [0.25, 0.3) is 0 Å². The molecule has 4 saturated carbocycles. The monoisotopic (exact) mass is 1150 g/mol. The highest BCUT2D eigenvalue weighted by Gasteiger charge is 2.60. The third kappa shape index (κ3) is 13.9. The van der Waals surface area contributed by atoms with Gasteiger partial charge in [0.05, 0.1) is 22.4 Å². The maximum absolute atomic E-state index is 13.9. The van der Waals surface area contributed by atoms with Crippen LogP contribution in [0.3, 0.4) is 0 Å². The zero-order valence-corrected chi connectivity index (χ0v) is 51.4. The van der Waals surface area contributed by atoms with Crippen LogP contribution in [0.25, 0.3) is 10.2 Å². The molecule has 0 bridgehead atoms. The van der Waals surface area contributed by atoms with Crippen LogP contribution in [0, 0.1) is 51.8 Å². The maximum Gasteiger partial charge on any atom is 0.415 e. The van der Waals surface area contributed by atoms with E-state index in [0.29, 0.717) is 76.5 Å². The van der Waals surface area contributed by atoms with Crippen LogP contribution in [0.5, 0.6) is 5.75 Å². The van der Waals surface area contributed by atoms with Crippen LogP contribution in [0.2, 0.25) is 0 Å². The highest BCUT2D eigenvalue weighted by Crippen LogP contribution is 2.68. The van der Waals surface area contributed by atoms with Gasteiger partial charge in [0.15, 0.2) is 11.6 Å². The molecule has 4 fully saturated rings. The van der Waals surface area contributed by atoms with Gasteiger partial charge in [0, 0.05) is 92.0 Å². The maximum atomic E-state index is 13.9. The molecule has 4 N–H and O–H groups in total. The summed E-state index contributed by atoms with van der Waals surface area (Å²) in [5.74, 6) is 2.68. The fourth-order valence-electron chi connectivity index (χ4n) is 15.5. The number of nitrogens with one attached hydrogen (secondary N) is 2. The number of fused-ring (bicyclic) bond motifs is 6. The van der Waals surface area contributed by atoms with Crippen molar-refractivity contribution in [1.29, 1.82) is 0 Å². The minimum absolute atomic E-state index is 0.0477. The van der Waals surface area contributed by atoms with E-state index in [1.165, 1.54) is 59.7 Å². The van der Waals surface area contributed by atoms with Crippen LogP contribution < -0.4 is 15.4 Å². The summed E-state index contributed by atoms with van der Waals surface area (Å²) in [6, 6.07) is 4.45. The van der Waals surface area contributed by atoms with E-state index >= 15 is 0 Å². The number of aliphatic carboxylic acids is 1. The summed E-state index contributed by atoms with van der Waals surface area (Å²) in [7, 11) is 1.63. The second kappa shape index (κ2) is 25.9. The van der Waals surface area contributed by atoms with Gasteiger partial charge in [-0.15, -0.1) is 23.1 Å². The second-order valence-electron chi connectivity index (χ2n) is 26.1. The van der Waals surface area contributed by atoms with E-state index in [4.69, 9.17) is 14.7 Å². The average molecular weight is 1160 g/mol. The van der Waals surface area contributed by atoms with Crippen LogP contribution >= 0.6 is 23.1 Å². The van der Waals surface area contributed by atoms with Crippen molar-refractivity contribution < 1.29 is 48.5 Å². The third-order valence-corrected chi connectivity index (χ3v) is 22.7. The van der Waals surface area contributed by atoms with Crippen LogP contribution in [0.1, 0.15) is 176 Å². The van der Waals surface area contributed by atoms with Crippen molar-refractivity contribution in [3.8, 4) is 5.75 Å². The molecule has 81 heavy (non-hydrogen) atoms. The van der Waals surface area contributed by atoms with Crippen LogP contribution in [0.15, 0.2) is 45.5 Å². The Morgan fingerprint density at radius 1 is 0.864 bits per heavy atom. The van der Waals surface area contributed by atoms with Crippen LogP contribution in [-0.4, -0.2) is 129 Å². The summed E-state index contributed by atoms with van der Waals surface area (Å²) >= 11 is 3.14. The van der Waals surface area contributed by atoms with Gasteiger partial charge < -0.3 is 35.4 Å². The first-order valence-electron chi connectivity index (χ1n) is 30.1. The quantitative estimate of drug-likeness (QED) is 0.0602. The molecule has 16 nitrogen and oxygen atoms in total. The van der Waals surface area contributed by atoms with Gasteiger partial charge in [-0.1, -0.05) is 34.6 Å². The molecule has 5 aliphatic carbocycles. The molecule has 444 valence electrons. The summed E-state index contributed by atoms with van der Waals surface area (Å²) in [6.45, 7) is 18.5. The molecule has 8 rings (SSSR count). The molecular weight excluding hydrogens is 1060 g/mol. The summed E-state index contributed by atoms with van der Waals surface area (Å²) in [6.07, 6.45) is 12.3. The number of aliphatic hydroxyl groups is 1. The Balaban J connectivity index is 0.786. The van der Waals surface area contributed by atoms with Crippen molar-refractivity contribution in [2.45, 2.75) is 190 Å². The number of aliphatic hydroxyl groups excluding tert-OH is 1. The molecule has 0 spiro atoms. The number of nitrogens with zero attached hydrogens (tertiary/aromatic N) is 4. The van der Waals surface area contributed by atoms with E-state index in [2.05, 4.69) is 38.3 Å². The SMILES string of the molecule is CC1=C(C)C(=O)C(C(C)(C)CC(=O)N(C)CCN(CCCC(=O)NCCCCC(NC(=O)CC[C@@H](C)[C@H]2CC[C@H]3[C@@H]4CC[C@@H]5C[C@H](O)CC[C@]5(C)[C@H]4CC[C@]23C)C(=O)O)C(=O)Oc2ccc3nc(C4=NC(C)CS4)sc3c2)=C(C)C1=O. The Hall–Kier alpha value is -4.94. The standard InChI is InChI=1S/C63H90N6O10S2/c1-36(45-20-21-46-44-19-17-41-32-42(70)24-26-62(41,8)47(44)25-27-63(45,46)9)16-23-52(72)66-49(59(76)77)14-11-12-28-64-51(71)15-13-29-69(60(78)79-43-18-22-48-50(33-43)81-58(67-48)57-65-37(2)35-80-57)31-30-68(10)53(73)34-61(6,7)54-40(5)55(74)38(3)39(4)56(54)75/h18,22,33,36-37,41-42,44-47,49,70H,11-17,19-21,23-32,34-35H2,1-10H3,(H,64,71)(H,66,72)(H,76,77)/t36-,37?,41-,42-,44+,45-,46+,47+,49?,62+,63-/m1/s1. The van der Waals surface area contributed by atoms with Crippen molar-refractivity contribution in [3.05, 3.63) is 45.5 Å². The van der Waals surface area contributed by atoms with Crippen molar-refractivity contribution in [1.82, 2.24) is 25.4 Å². The van der Waals surface area contributed by atoms with Crippen molar-refractivity contribution in [3.63, 3.8) is 0 Å². The van der Waals surface area contributed by atoms with Crippen LogP contribution in [-0.2, 0) is 28.8 Å². The van der Waals surface area contributed by atoms with Crippen molar-refractivity contribution in [2.24, 2.45) is 56.7 Å². The summed E-state index contributed by atoms with van der Waals surface area (Å²) in [4.78, 5) is 105. The molecule has 0 radical (unpaired) electrons. The number of ether oxygens (including phenoxy) is 1. The Bertz CT molecular complexity index is 2840. The van der Waals surface area contributed by atoms with E-state index in [1.807, 2.05) is 0 Å². The van der Waals surface area contributed by atoms with Gasteiger partial charge in [-0.25, -0.2) is 14.6 Å². The van der Waals surface area contributed by atoms with Gasteiger partial charge in [-0.2, -0.15) is 0 Å². The van der Waals surface area contributed by atoms with Crippen molar-refractivity contribution in [2.75, 3.05) is 39.0 Å². The summed E-state index contributed by atoms with van der Waals surface area (Å²) < 4.78 is 6.76. The van der Waals surface area contributed by atoms with Gasteiger partial charge >= 0.3 is 12.1 Å². The Morgan fingerprint density at radius 2 is 1.59 bits per heavy atom. The predicted molar refractivity (Wildman–Crippen MR) is 318 cm³/mol. The van der Waals surface area contributed by atoms with Gasteiger partial charge in [-0.3, -0.25) is 29.0 Å². The first-order chi connectivity index (χ1) is 38.3. The fraction of sp³-hybridized carbons (Fsp3) is 0.698. The molecule has 4 amide bonds. The number of rotatable bonds is 23. The number of thiazole rings is 1. The Morgan fingerprint density at radius 3 is 2.32 bits per heavy atom. The lowest BCUT2D eigenvalue weighted by molar-refractivity contribution is -0.142. The predicted octanol–water partition coefficient (Wildman–Crippen LogP) is 10.7. The van der Waals surface area contributed by atoms with Gasteiger partial charge in [0.2, 0.25) is 17.7 Å². The number of ketones is 2. The minimum atomic E-state index is -1.08.